The Kier molecular flexibility index (Phi) is 3.44. The van der Waals surface area contributed by atoms with E-state index in [-0.39, 0.29) is 17.2 Å². The van der Waals surface area contributed by atoms with Crippen LogP contribution in [0.4, 0.5) is 0 Å². The second-order valence-corrected chi connectivity index (χ2v) is 5.07. The number of nitrogens with one attached hydrogen (secondary N) is 1. The molecule has 7 nitrogen and oxygen atoms in total. The number of hydrogen-bond donors (Lipinski definition) is 1. The van der Waals surface area contributed by atoms with Crippen LogP contribution >= 0.6 is 11.7 Å². The highest BCUT2D eigenvalue weighted by Crippen LogP contribution is 2.15. The minimum atomic E-state index is -0.337. The van der Waals surface area contributed by atoms with Crippen molar-refractivity contribution < 1.29 is 4.79 Å². The zero-order valence-electron chi connectivity index (χ0n) is 11.1. The van der Waals surface area contributed by atoms with Crippen molar-refractivity contribution in [2.75, 3.05) is 7.05 Å². The number of fused-ring (bicyclic) bond motifs is 1. The van der Waals surface area contributed by atoms with Crippen molar-refractivity contribution in [3.05, 3.63) is 52.2 Å². The summed E-state index contributed by atoms with van der Waals surface area (Å²) >= 11 is 1.16. The molecule has 0 saturated heterocycles. The van der Waals surface area contributed by atoms with Gasteiger partial charge >= 0.3 is 0 Å². The van der Waals surface area contributed by atoms with E-state index in [1.165, 1.54) is 11.1 Å². The number of aromatic amines is 1. The fraction of sp³-hybridized carbons (Fsp3) is 0.154. The van der Waals surface area contributed by atoms with Crippen LogP contribution in [-0.2, 0) is 6.54 Å². The maximum Gasteiger partial charge on any atom is 0.274 e. The zero-order valence-corrected chi connectivity index (χ0v) is 11.9. The van der Waals surface area contributed by atoms with Crippen LogP contribution in [0.2, 0.25) is 0 Å². The molecule has 1 N–H and O–H groups in total. The molecule has 8 heteroatoms. The van der Waals surface area contributed by atoms with E-state index >= 15 is 0 Å². The lowest BCUT2D eigenvalue weighted by molar-refractivity contribution is 0.0779. The molecule has 3 aromatic rings. The van der Waals surface area contributed by atoms with E-state index in [1.807, 2.05) is 18.2 Å². The van der Waals surface area contributed by atoms with Gasteiger partial charge in [0.2, 0.25) is 0 Å². The molecule has 2 aromatic heterocycles. The highest BCUT2D eigenvalue weighted by molar-refractivity contribution is 7.00. The summed E-state index contributed by atoms with van der Waals surface area (Å²) in [6.07, 6.45) is 2.41. The van der Waals surface area contributed by atoms with E-state index in [0.717, 1.165) is 34.5 Å². The normalized spacial score (nSPS) is 10.7. The maximum atomic E-state index is 12.2. The van der Waals surface area contributed by atoms with E-state index < -0.39 is 0 Å². The molecule has 0 saturated carbocycles. The summed E-state index contributed by atoms with van der Waals surface area (Å²) in [6, 6.07) is 5.70. The molecule has 106 valence electrons. The highest BCUT2D eigenvalue weighted by Gasteiger charge is 2.14. The number of benzene rings is 1. The van der Waals surface area contributed by atoms with Crippen LogP contribution in [0, 0.1) is 0 Å². The molecule has 0 aliphatic carbocycles. The molecule has 0 aliphatic rings. The van der Waals surface area contributed by atoms with Crippen molar-refractivity contribution in [1.82, 2.24) is 23.6 Å². The molecule has 0 radical (unpaired) electrons. The van der Waals surface area contributed by atoms with Crippen molar-refractivity contribution in [3.63, 3.8) is 0 Å². The molecule has 0 fully saturated rings. The summed E-state index contributed by atoms with van der Waals surface area (Å²) in [5.74, 6) is -0.261. The summed E-state index contributed by atoms with van der Waals surface area (Å²) < 4.78 is 8.31. The van der Waals surface area contributed by atoms with Crippen molar-refractivity contribution in [1.29, 1.82) is 0 Å². The first-order valence-corrected chi connectivity index (χ1v) is 6.88. The van der Waals surface area contributed by atoms with Crippen LogP contribution in [0.25, 0.3) is 11.0 Å². The lowest BCUT2D eigenvalue weighted by Gasteiger charge is -2.16. The first kappa shape index (κ1) is 13.4. The Morgan fingerprint density at radius 3 is 2.90 bits per heavy atom. The molecule has 2 heterocycles. The van der Waals surface area contributed by atoms with Gasteiger partial charge in [-0.25, -0.2) is 4.98 Å². The molecule has 1 aromatic carbocycles. The number of rotatable bonds is 3. The molecule has 0 spiro atoms. The molecule has 3 rings (SSSR count). The van der Waals surface area contributed by atoms with Gasteiger partial charge < -0.3 is 9.88 Å². The maximum absolute atomic E-state index is 12.2. The fourth-order valence-corrected chi connectivity index (χ4v) is 2.44. The Hall–Kier alpha value is -2.61. The summed E-state index contributed by atoms with van der Waals surface area (Å²) in [7, 11) is 1.68. The van der Waals surface area contributed by atoms with E-state index in [1.54, 1.807) is 7.05 Å². The van der Waals surface area contributed by atoms with Gasteiger partial charge in [-0.05, 0) is 17.7 Å². The minimum Gasteiger partial charge on any atom is -0.336 e. The van der Waals surface area contributed by atoms with Gasteiger partial charge in [-0.1, -0.05) is 6.07 Å². The largest absolute Gasteiger partial charge is 0.336 e. The van der Waals surface area contributed by atoms with Crippen molar-refractivity contribution in [3.8, 4) is 0 Å². The molecular formula is C13H11N5O2S. The van der Waals surface area contributed by atoms with Gasteiger partial charge in [0.15, 0.2) is 0 Å². The number of hydrogen-bond acceptors (Lipinski definition) is 6. The third-order valence-electron chi connectivity index (χ3n) is 2.98. The van der Waals surface area contributed by atoms with Crippen LogP contribution < -0.4 is 5.56 Å². The number of nitrogens with zero attached hydrogens (tertiary/aromatic N) is 4. The lowest BCUT2D eigenvalue weighted by Crippen LogP contribution is -2.27. The van der Waals surface area contributed by atoms with Crippen LogP contribution in [0.1, 0.15) is 16.1 Å². The van der Waals surface area contributed by atoms with E-state index in [9.17, 15) is 9.59 Å². The van der Waals surface area contributed by atoms with E-state index in [2.05, 4.69) is 18.7 Å². The average molecular weight is 301 g/mol. The Labute approximate surface area is 123 Å². The van der Waals surface area contributed by atoms with Crippen LogP contribution in [0.15, 0.2) is 35.4 Å². The van der Waals surface area contributed by atoms with Crippen molar-refractivity contribution in [2.45, 2.75) is 6.54 Å². The third-order valence-corrected chi connectivity index (χ3v) is 3.53. The molecule has 21 heavy (non-hydrogen) atoms. The molecule has 0 unspecified atom stereocenters. The van der Waals surface area contributed by atoms with Gasteiger partial charge in [0.25, 0.3) is 11.5 Å². The number of carbonyl (C=O) groups is 1. The van der Waals surface area contributed by atoms with E-state index in [4.69, 9.17) is 0 Å². The number of H-pyrrole nitrogens is 1. The monoisotopic (exact) mass is 301 g/mol. The Morgan fingerprint density at radius 1 is 1.33 bits per heavy atom. The zero-order chi connectivity index (χ0) is 14.8. The molecule has 0 atom stereocenters. The number of carbonyl (C=O) groups excluding carboxylic acids is 1. The smallest absolute Gasteiger partial charge is 0.274 e. The summed E-state index contributed by atoms with van der Waals surface area (Å²) in [5.41, 5.74) is 2.49. The van der Waals surface area contributed by atoms with Gasteiger partial charge in [-0.3, -0.25) is 9.59 Å². The third kappa shape index (κ3) is 2.79. The predicted molar refractivity (Wildman–Crippen MR) is 78.1 cm³/mol. The van der Waals surface area contributed by atoms with E-state index in [0.29, 0.717) is 6.54 Å². The molecule has 0 aliphatic heterocycles. The van der Waals surface area contributed by atoms with Gasteiger partial charge in [-0.2, -0.15) is 8.75 Å². The number of aromatic nitrogens is 4. The fourth-order valence-electron chi connectivity index (χ4n) is 1.93. The lowest BCUT2D eigenvalue weighted by atomic mass is 10.2. The number of amides is 1. The summed E-state index contributed by atoms with van der Waals surface area (Å²) in [5, 5.41) is 0. The van der Waals surface area contributed by atoms with Crippen LogP contribution in [0.5, 0.6) is 0 Å². The standard InChI is InChI=1S/C13H11N5O2S/c1-18(13(20)11-5-15-12(19)6-14-11)7-8-2-3-9-10(4-8)17-21-16-9/h2-6H,7H2,1H3,(H,15,19). The van der Waals surface area contributed by atoms with Gasteiger partial charge in [0.1, 0.15) is 16.7 Å². The second-order valence-electron chi connectivity index (χ2n) is 4.54. The van der Waals surface area contributed by atoms with Crippen molar-refractivity contribution in [2.24, 2.45) is 0 Å². The Balaban J connectivity index is 1.78. The van der Waals surface area contributed by atoms with Crippen LogP contribution in [0.3, 0.4) is 0 Å². The van der Waals surface area contributed by atoms with Crippen molar-refractivity contribution >= 4 is 28.7 Å². The summed E-state index contributed by atoms with van der Waals surface area (Å²) in [4.78, 5) is 30.9. The molecule has 1 amide bonds. The topological polar surface area (TPSA) is 91.8 Å². The SMILES string of the molecule is CN(Cc1ccc2nsnc2c1)C(=O)c1c[nH]c(=O)cn1. The second kappa shape index (κ2) is 5.41. The summed E-state index contributed by atoms with van der Waals surface area (Å²) in [6.45, 7) is 0.424. The molecule has 0 bridgehead atoms. The first-order chi connectivity index (χ1) is 10.1. The highest BCUT2D eigenvalue weighted by atomic mass is 32.1. The Bertz CT molecular complexity index is 836. The molecular weight excluding hydrogens is 290 g/mol. The Morgan fingerprint density at radius 2 is 2.14 bits per heavy atom. The minimum absolute atomic E-state index is 0.202. The van der Waals surface area contributed by atoms with Crippen LogP contribution in [-0.4, -0.2) is 36.6 Å². The predicted octanol–water partition coefficient (Wildman–Crippen LogP) is 1.05. The quantitative estimate of drug-likeness (QED) is 0.780. The first-order valence-electron chi connectivity index (χ1n) is 6.15. The van der Waals surface area contributed by atoms with Gasteiger partial charge in [0, 0.05) is 19.8 Å². The van der Waals surface area contributed by atoms with Gasteiger partial charge in [-0.15, -0.1) is 0 Å². The average Bonchev–Trinajstić information content (AvgIpc) is 2.95. The van der Waals surface area contributed by atoms with Gasteiger partial charge in [0.05, 0.1) is 17.9 Å².